The van der Waals surface area contributed by atoms with Gasteiger partial charge >= 0.3 is 0 Å². The van der Waals surface area contributed by atoms with Crippen LogP contribution >= 0.6 is 0 Å². The molecule has 36 heavy (non-hydrogen) atoms. The molecule has 3 aromatic rings. The Morgan fingerprint density at radius 1 is 0.750 bits per heavy atom. The Kier molecular flexibility index (Phi) is 7.29. The van der Waals surface area contributed by atoms with E-state index in [1.165, 1.54) is 42.6 Å². The predicted molar refractivity (Wildman–Crippen MR) is 127 cm³/mol. The zero-order valence-electron chi connectivity index (χ0n) is 18.6. The number of dihydropyridines is 1. The van der Waals surface area contributed by atoms with Gasteiger partial charge in [0.1, 0.15) is 11.3 Å². The Morgan fingerprint density at radius 2 is 1.36 bits per heavy atom. The van der Waals surface area contributed by atoms with Gasteiger partial charge in [0.25, 0.3) is 11.8 Å². The van der Waals surface area contributed by atoms with Gasteiger partial charge in [0.15, 0.2) is 23.3 Å². The molecule has 1 heterocycles. The Labute approximate surface area is 203 Å². The van der Waals surface area contributed by atoms with Crippen LogP contribution in [-0.2, 0) is 16.1 Å². The van der Waals surface area contributed by atoms with E-state index in [-0.39, 0.29) is 17.8 Å². The fourth-order valence-electron chi connectivity index (χ4n) is 3.54. The SMILES string of the molecule is O=C(NCc1ccccc1)/C(C(=O)Nc1c(F)c(F)c(-c2ccccc2)c(F)c1F)=C1/C=CC=CN1. The summed E-state index contributed by atoms with van der Waals surface area (Å²) >= 11 is 0. The number of nitrogens with one attached hydrogen (secondary N) is 3. The van der Waals surface area contributed by atoms with Gasteiger partial charge in [-0.15, -0.1) is 0 Å². The minimum Gasteiger partial charge on any atom is -0.361 e. The van der Waals surface area contributed by atoms with Gasteiger partial charge < -0.3 is 16.0 Å². The van der Waals surface area contributed by atoms with E-state index < -0.39 is 51.9 Å². The van der Waals surface area contributed by atoms with Gasteiger partial charge in [0, 0.05) is 12.7 Å². The lowest BCUT2D eigenvalue weighted by Crippen LogP contribution is -2.34. The van der Waals surface area contributed by atoms with Crippen LogP contribution in [0.4, 0.5) is 23.2 Å². The highest BCUT2D eigenvalue weighted by Gasteiger charge is 2.30. The smallest absolute Gasteiger partial charge is 0.263 e. The average molecular weight is 493 g/mol. The third-order valence-electron chi connectivity index (χ3n) is 5.29. The molecule has 4 rings (SSSR count). The minimum absolute atomic E-state index is 0.0169. The summed E-state index contributed by atoms with van der Waals surface area (Å²) < 4.78 is 59.4. The van der Waals surface area contributed by atoms with Gasteiger partial charge in [-0.3, -0.25) is 9.59 Å². The number of amides is 2. The largest absolute Gasteiger partial charge is 0.361 e. The van der Waals surface area contributed by atoms with Crippen molar-refractivity contribution in [1.29, 1.82) is 0 Å². The van der Waals surface area contributed by atoms with Crippen LogP contribution in [0.1, 0.15) is 5.56 Å². The van der Waals surface area contributed by atoms with E-state index in [4.69, 9.17) is 0 Å². The topological polar surface area (TPSA) is 70.2 Å². The van der Waals surface area contributed by atoms with Crippen LogP contribution in [-0.4, -0.2) is 11.8 Å². The molecule has 5 nitrogen and oxygen atoms in total. The van der Waals surface area contributed by atoms with E-state index in [9.17, 15) is 27.2 Å². The third-order valence-corrected chi connectivity index (χ3v) is 5.29. The van der Waals surface area contributed by atoms with E-state index >= 15 is 0 Å². The second-order valence-corrected chi connectivity index (χ2v) is 7.65. The summed E-state index contributed by atoms with van der Waals surface area (Å²) in [5.41, 5.74) is -2.14. The van der Waals surface area contributed by atoms with Crippen molar-refractivity contribution in [2.45, 2.75) is 6.54 Å². The first-order chi connectivity index (χ1) is 17.4. The molecule has 0 unspecified atom stereocenters. The summed E-state index contributed by atoms with van der Waals surface area (Å²) in [5.74, 6) is -9.12. The monoisotopic (exact) mass is 493 g/mol. The standard InChI is InChI=1S/C27H19F4N3O2/c28-21-19(17-11-5-2-6-12-17)22(29)24(31)25(23(21)30)34-27(36)20(18-13-7-8-14-32-18)26(35)33-15-16-9-3-1-4-10-16/h1-14,32H,15H2,(H,33,35)(H,34,36)/b20-18+. The van der Waals surface area contributed by atoms with Crippen LogP contribution in [0.2, 0.25) is 0 Å². The van der Waals surface area contributed by atoms with Crippen LogP contribution < -0.4 is 16.0 Å². The number of hydrogen-bond acceptors (Lipinski definition) is 3. The zero-order valence-corrected chi connectivity index (χ0v) is 18.6. The van der Waals surface area contributed by atoms with Crippen LogP contribution in [0.3, 0.4) is 0 Å². The predicted octanol–water partition coefficient (Wildman–Crippen LogP) is 5.09. The molecule has 2 amide bonds. The molecule has 3 aromatic carbocycles. The number of carbonyl (C=O) groups excluding carboxylic acids is 2. The number of hydrogen-bond donors (Lipinski definition) is 3. The first-order valence-electron chi connectivity index (χ1n) is 10.8. The molecule has 0 radical (unpaired) electrons. The Balaban J connectivity index is 1.67. The van der Waals surface area contributed by atoms with Gasteiger partial charge in [-0.2, -0.15) is 0 Å². The maximum Gasteiger partial charge on any atom is 0.263 e. The van der Waals surface area contributed by atoms with Crippen LogP contribution in [0, 0.1) is 23.3 Å². The summed E-state index contributed by atoms with van der Waals surface area (Å²) in [6.45, 7) is 0.0566. The highest BCUT2D eigenvalue weighted by molar-refractivity contribution is 6.23. The van der Waals surface area contributed by atoms with Crippen molar-refractivity contribution in [1.82, 2.24) is 10.6 Å². The fraction of sp³-hybridized carbons (Fsp3) is 0.0370. The van der Waals surface area contributed by atoms with Crippen LogP contribution in [0.5, 0.6) is 0 Å². The number of allylic oxidation sites excluding steroid dienone is 3. The lowest BCUT2D eigenvalue weighted by Gasteiger charge is -2.17. The van der Waals surface area contributed by atoms with Crippen LogP contribution in [0.25, 0.3) is 11.1 Å². The maximum atomic E-state index is 14.9. The molecule has 0 aromatic heterocycles. The zero-order chi connectivity index (χ0) is 25.7. The summed E-state index contributed by atoms with van der Waals surface area (Å²) in [6.07, 6.45) is 5.94. The van der Waals surface area contributed by atoms with E-state index in [1.54, 1.807) is 42.5 Å². The summed E-state index contributed by atoms with van der Waals surface area (Å²) in [4.78, 5) is 26.0. The molecule has 0 bridgehead atoms. The molecule has 0 atom stereocenters. The quantitative estimate of drug-likeness (QED) is 0.147. The minimum atomic E-state index is -1.80. The molecule has 1 aliphatic heterocycles. The van der Waals surface area contributed by atoms with E-state index in [0.717, 1.165) is 5.56 Å². The molecule has 9 heteroatoms. The van der Waals surface area contributed by atoms with Gasteiger partial charge in [0.05, 0.1) is 11.3 Å². The molecule has 1 aliphatic rings. The van der Waals surface area contributed by atoms with Crippen LogP contribution in [0.15, 0.2) is 96.4 Å². The number of rotatable bonds is 6. The normalized spacial score (nSPS) is 13.7. The molecule has 182 valence electrons. The van der Waals surface area contributed by atoms with E-state index in [2.05, 4.69) is 10.6 Å². The Hall–Kier alpha value is -4.66. The Bertz CT molecular complexity index is 1370. The van der Waals surface area contributed by atoms with Gasteiger partial charge in [-0.1, -0.05) is 66.7 Å². The fourth-order valence-corrected chi connectivity index (χ4v) is 3.54. The molecule has 0 spiro atoms. The van der Waals surface area contributed by atoms with E-state index in [1.807, 2.05) is 5.32 Å². The van der Waals surface area contributed by atoms with Gasteiger partial charge in [0.2, 0.25) is 0 Å². The maximum absolute atomic E-state index is 14.9. The molecule has 0 fully saturated rings. The number of halogens is 4. The first-order valence-corrected chi connectivity index (χ1v) is 10.8. The van der Waals surface area contributed by atoms with Crippen molar-refractivity contribution < 1.29 is 27.2 Å². The van der Waals surface area contributed by atoms with Crippen molar-refractivity contribution in [3.8, 4) is 11.1 Å². The average Bonchev–Trinajstić information content (AvgIpc) is 2.91. The van der Waals surface area contributed by atoms with E-state index in [0.29, 0.717) is 0 Å². The van der Waals surface area contributed by atoms with Crippen molar-refractivity contribution in [2.75, 3.05) is 5.32 Å². The van der Waals surface area contributed by atoms with Crippen molar-refractivity contribution >= 4 is 17.5 Å². The highest BCUT2D eigenvalue weighted by Crippen LogP contribution is 2.34. The van der Waals surface area contributed by atoms with Crippen molar-refractivity contribution in [2.24, 2.45) is 0 Å². The summed E-state index contributed by atoms with van der Waals surface area (Å²) in [5, 5.41) is 7.09. The molecule has 0 aliphatic carbocycles. The first kappa shape index (κ1) is 24.5. The number of benzene rings is 3. The number of anilines is 1. The number of carbonyl (C=O) groups is 2. The molecular weight excluding hydrogens is 474 g/mol. The lowest BCUT2D eigenvalue weighted by atomic mass is 10.0. The van der Waals surface area contributed by atoms with Crippen molar-refractivity contribution in [3.05, 3.63) is 125 Å². The summed E-state index contributed by atoms with van der Waals surface area (Å²) in [7, 11) is 0. The van der Waals surface area contributed by atoms with Crippen molar-refractivity contribution in [3.63, 3.8) is 0 Å². The molecule has 3 N–H and O–H groups in total. The lowest BCUT2D eigenvalue weighted by molar-refractivity contribution is -0.121. The van der Waals surface area contributed by atoms with Gasteiger partial charge in [-0.25, -0.2) is 17.6 Å². The molecular formula is C27H19F4N3O2. The second-order valence-electron chi connectivity index (χ2n) is 7.65. The van der Waals surface area contributed by atoms with Gasteiger partial charge in [-0.05, 0) is 23.3 Å². The third kappa shape index (κ3) is 5.05. The second kappa shape index (κ2) is 10.7. The molecule has 0 saturated heterocycles. The highest BCUT2D eigenvalue weighted by atomic mass is 19.2. The summed E-state index contributed by atoms with van der Waals surface area (Å²) in [6, 6.07) is 15.9. The molecule has 0 saturated carbocycles. The Morgan fingerprint density at radius 3 is 1.94 bits per heavy atom.